The van der Waals surface area contributed by atoms with Gasteiger partial charge in [-0.1, -0.05) is 6.08 Å². The molecule has 64 valence electrons. The number of rotatable bonds is 2. The average molecular weight is 167 g/mol. The Bertz CT molecular complexity index is 289. The third kappa shape index (κ3) is 1.95. The van der Waals surface area contributed by atoms with Crippen LogP contribution < -0.4 is 5.73 Å². The molecule has 0 amide bonds. The largest absolute Gasteiger partial charge is 0.481 e. The van der Waals surface area contributed by atoms with Gasteiger partial charge >= 0.3 is 5.97 Å². The first-order valence-corrected chi connectivity index (χ1v) is 3.51. The first-order valence-electron chi connectivity index (χ1n) is 3.51. The van der Waals surface area contributed by atoms with E-state index in [9.17, 15) is 9.59 Å². The van der Waals surface area contributed by atoms with Crippen LogP contribution in [0.25, 0.3) is 0 Å². The third-order valence-electron chi connectivity index (χ3n) is 1.57. The van der Waals surface area contributed by atoms with Crippen molar-refractivity contribution in [3.8, 4) is 0 Å². The highest BCUT2D eigenvalue weighted by atomic mass is 16.4. The van der Waals surface area contributed by atoms with Crippen LogP contribution in [0.2, 0.25) is 0 Å². The molecule has 0 spiro atoms. The van der Waals surface area contributed by atoms with Gasteiger partial charge in [-0.3, -0.25) is 9.59 Å². The second-order valence-corrected chi connectivity index (χ2v) is 2.58. The van der Waals surface area contributed by atoms with Gasteiger partial charge < -0.3 is 10.8 Å². The van der Waals surface area contributed by atoms with Crippen LogP contribution in [-0.4, -0.2) is 16.9 Å². The Morgan fingerprint density at radius 2 is 2.33 bits per heavy atom. The standard InChI is InChI=1S/C8H9NO3/c9-6-3-5(4-8(11)12)1-2-7(6)10/h1,3H,2,4,9H2,(H,11,12). The zero-order valence-corrected chi connectivity index (χ0v) is 6.41. The summed E-state index contributed by atoms with van der Waals surface area (Å²) in [5.74, 6) is -1.07. The summed E-state index contributed by atoms with van der Waals surface area (Å²) < 4.78 is 0. The van der Waals surface area contributed by atoms with E-state index in [0.717, 1.165) is 0 Å². The fourth-order valence-electron chi connectivity index (χ4n) is 0.979. The molecular formula is C8H9NO3. The Morgan fingerprint density at radius 3 is 2.83 bits per heavy atom. The molecular weight excluding hydrogens is 158 g/mol. The summed E-state index contributed by atoms with van der Waals surface area (Å²) in [5, 5.41) is 8.42. The van der Waals surface area contributed by atoms with Crippen molar-refractivity contribution in [2.45, 2.75) is 12.8 Å². The first-order chi connectivity index (χ1) is 5.59. The molecule has 0 heterocycles. The van der Waals surface area contributed by atoms with Crippen LogP contribution in [0.3, 0.4) is 0 Å². The number of nitrogens with two attached hydrogens (primary N) is 1. The van der Waals surface area contributed by atoms with Gasteiger partial charge in [-0.05, 0) is 11.6 Å². The van der Waals surface area contributed by atoms with E-state index in [1.807, 2.05) is 0 Å². The molecule has 1 rings (SSSR count). The highest BCUT2D eigenvalue weighted by molar-refractivity contribution is 5.97. The molecule has 4 heteroatoms. The predicted molar refractivity (Wildman–Crippen MR) is 42.2 cm³/mol. The van der Waals surface area contributed by atoms with Crippen molar-refractivity contribution in [2.24, 2.45) is 5.73 Å². The fraction of sp³-hybridized carbons (Fsp3) is 0.250. The van der Waals surface area contributed by atoms with Crippen LogP contribution in [0.15, 0.2) is 23.4 Å². The van der Waals surface area contributed by atoms with Gasteiger partial charge in [0.2, 0.25) is 0 Å². The molecule has 0 saturated carbocycles. The molecule has 1 aliphatic rings. The number of carboxylic acid groups (broad SMARTS) is 1. The smallest absolute Gasteiger partial charge is 0.307 e. The summed E-state index contributed by atoms with van der Waals surface area (Å²) >= 11 is 0. The van der Waals surface area contributed by atoms with E-state index in [1.54, 1.807) is 6.08 Å². The molecule has 1 aliphatic carbocycles. The minimum atomic E-state index is -0.917. The summed E-state index contributed by atoms with van der Waals surface area (Å²) in [7, 11) is 0. The topological polar surface area (TPSA) is 80.4 Å². The second kappa shape index (κ2) is 3.21. The van der Waals surface area contributed by atoms with Crippen molar-refractivity contribution in [1.82, 2.24) is 0 Å². The lowest BCUT2D eigenvalue weighted by Crippen LogP contribution is -2.14. The Kier molecular flexibility index (Phi) is 2.28. The molecule has 0 fully saturated rings. The lowest BCUT2D eigenvalue weighted by atomic mass is 10.0. The van der Waals surface area contributed by atoms with Gasteiger partial charge in [0.25, 0.3) is 0 Å². The average Bonchev–Trinajstić information content (AvgIpc) is 1.96. The van der Waals surface area contributed by atoms with Crippen molar-refractivity contribution in [3.63, 3.8) is 0 Å². The van der Waals surface area contributed by atoms with Gasteiger partial charge in [-0.25, -0.2) is 0 Å². The number of allylic oxidation sites excluding steroid dienone is 3. The lowest BCUT2D eigenvalue weighted by Gasteiger charge is -2.06. The molecule has 0 aliphatic heterocycles. The number of aliphatic carboxylic acids is 1. The van der Waals surface area contributed by atoms with Crippen LogP contribution in [0, 0.1) is 0 Å². The summed E-state index contributed by atoms with van der Waals surface area (Å²) in [4.78, 5) is 21.1. The van der Waals surface area contributed by atoms with Crippen molar-refractivity contribution < 1.29 is 14.7 Å². The summed E-state index contributed by atoms with van der Waals surface area (Å²) in [6.07, 6.45) is 3.14. The van der Waals surface area contributed by atoms with E-state index in [0.29, 0.717) is 5.57 Å². The molecule has 0 aromatic rings. The van der Waals surface area contributed by atoms with Crippen molar-refractivity contribution >= 4 is 11.8 Å². The normalized spacial score (nSPS) is 16.8. The minimum Gasteiger partial charge on any atom is -0.481 e. The van der Waals surface area contributed by atoms with Gasteiger partial charge in [-0.15, -0.1) is 0 Å². The third-order valence-corrected chi connectivity index (χ3v) is 1.57. The van der Waals surface area contributed by atoms with Crippen LogP contribution in [0.5, 0.6) is 0 Å². The zero-order valence-electron chi connectivity index (χ0n) is 6.41. The van der Waals surface area contributed by atoms with Gasteiger partial charge in [0.15, 0.2) is 5.78 Å². The number of ketones is 1. The summed E-state index contributed by atoms with van der Waals surface area (Å²) in [5.41, 5.74) is 6.07. The minimum absolute atomic E-state index is 0.0754. The van der Waals surface area contributed by atoms with E-state index >= 15 is 0 Å². The maximum absolute atomic E-state index is 10.8. The van der Waals surface area contributed by atoms with E-state index in [-0.39, 0.29) is 24.3 Å². The molecule has 0 radical (unpaired) electrons. The molecule has 12 heavy (non-hydrogen) atoms. The molecule has 0 aromatic heterocycles. The molecule has 0 bridgehead atoms. The van der Waals surface area contributed by atoms with Gasteiger partial charge in [0.05, 0.1) is 12.1 Å². The monoisotopic (exact) mass is 167 g/mol. The molecule has 0 saturated heterocycles. The van der Waals surface area contributed by atoms with Crippen LogP contribution in [0.1, 0.15) is 12.8 Å². The van der Waals surface area contributed by atoms with Crippen molar-refractivity contribution in [2.75, 3.05) is 0 Å². The maximum atomic E-state index is 10.8. The Balaban J connectivity index is 2.71. The van der Waals surface area contributed by atoms with Gasteiger partial charge in [0.1, 0.15) is 0 Å². The van der Waals surface area contributed by atoms with E-state index in [2.05, 4.69) is 0 Å². The van der Waals surface area contributed by atoms with Crippen molar-refractivity contribution in [3.05, 3.63) is 23.4 Å². The molecule has 0 unspecified atom stereocenters. The van der Waals surface area contributed by atoms with Crippen LogP contribution in [-0.2, 0) is 9.59 Å². The Morgan fingerprint density at radius 1 is 1.67 bits per heavy atom. The number of Topliss-reactive ketones (excluding diaryl/α,β-unsaturated/α-hetero) is 1. The predicted octanol–water partition coefficient (Wildman–Crippen LogP) is 0.203. The number of carbonyl (C=O) groups excluding carboxylic acids is 1. The zero-order chi connectivity index (χ0) is 9.14. The first kappa shape index (κ1) is 8.52. The molecule has 4 nitrogen and oxygen atoms in total. The number of carbonyl (C=O) groups is 2. The molecule has 3 N–H and O–H groups in total. The van der Waals surface area contributed by atoms with E-state index < -0.39 is 5.97 Å². The fourth-order valence-corrected chi connectivity index (χ4v) is 0.979. The van der Waals surface area contributed by atoms with Crippen molar-refractivity contribution in [1.29, 1.82) is 0 Å². The van der Waals surface area contributed by atoms with E-state index in [4.69, 9.17) is 10.8 Å². The lowest BCUT2D eigenvalue weighted by molar-refractivity contribution is -0.136. The number of hydrogen-bond acceptors (Lipinski definition) is 3. The highest BCUT2D eigenvalue weighted by Gasteiger charge is 2.12. The van der Waals surface area contributed by atoms with Gasteiger partial charge in [-0.2, -0.15) is 0 Å². The quantitative estimate of drug-likeness (QED) is 0.615. The molecule has 0 atom stereocenters. The Hall–Kier alpha value is -1.58. The highest BCUT2D eigenvalue weighted by Crippen LogP contribution is 2.13. The molecule has 0 aromatic carbocycles. The Labute approximate surface area is 69.4 Å². The van der Waals surface area contributed by atoms with Crippen LogP contribution in [0.4, 0.5) is 0 Å². The number of hydrogen-bond donors (Lipinski definition) is 2. The SMILES string of the molecule is NC1=CC(CC(=O)O)=CCC1=O. The number of carboxylic acids is 1. The summed E-state index contributed by atoms with van der Waals surface area (Å²) in [6, 6.07) is 0. The van der Waals surface area contributed by atoms with E-state index in [1.165, 1.54) is 6.08 Å². The second-order valence-electron chi connectivity index (χ2n) is 2.58. The maximum Gasteiger partial charge on any atom is 0.307 e. The van der Waals surface area contributed by atoms with Gasteiger partial charge in [0, 0.05) is 6.42 Å². The van der Waals surface area contributed by atoms with Crippen LogP contribution >= 0.6 is 0 Å². The summed E-state index contributed by atoms with van der Waals surface area (Å²) in [6.45, 7) is 0.